The number of nitrogens with one attached hydrogen (secondary N) is 2. The third-order valence-corrected chi connectivity index (χ3v) is 2.20. The number of carbonyl (C=O) groups excluding carboxylic acids is 2. The Kier molecular flexibility index (Phi) is 5.49. The zero-order chi connectivity index (χ0) is 9.84. The summed E-state index contributed by atoms with van der Waals surface area (Å²) in [6.07, 6.45) is 0. The quantitative estimate of drug-likeness (QED) is 0.596. The number of nitrogens with zero attached hydrogens (tertiary/aromatic N) is 1. The lowest BCUT2D eigenvalue weighted by Gasteiger charge is -2.34. The maximum absolute atomic E-state index is 11.3. The van der Waals surface area contributed by atoms with Gasteiger partial charge in [0, 0.05) is 33.6 Å². The maximum Gasteiger partial charge on any atom is 0.243 e. The van der Waals surface area contributed by atoms with E-state index in [4.69, 9.17) is 0 Å². The van der Waals surface area contributed by atoms with E-state index in [9.17, 15) is 9.59 Å². The molecule has 2 amide bonds. The Morgan fingerprint density at radius 3 is 2.64 bits per heavy atom. The van der Waals surface area contributed by atoms with Gasteiger partial charge in [-0.05, 0) is 0 Å². The normalized spacial score (nSPS) is 21.0. The molecule has 1 fully saturated rings. The first-order valence-corrected chi connectivity index (χ1v) is 4.36. The van der Waals surface area contributed by atoms with Gasteiger partial charge in [-0.3, -0.25) is 9.59 Å². The Morgan fingerprint density at radius 1 is 1.50 bits per heavy atom. The fraction of sp³-hybridized carbons (Fsp3) is 0.750. The van der Waals surface area contributed by atoms with Crippen molar-refractivity contribution in [2.75, 3.05) is 26.7 Å². The van der Waals surface area contributed by atoms with Gasteiger partial charge in [-0.15, -0.1) is 12.4 Å². The molecule has 0 aromatic heterocycles. The number of likely N-dealkylation sites (N-methyl/N-ethyl adjacent to an activating group) is 1. The van der Waals surface area contributed by atoms with Gasteiger partial charge in [0.15, 0.2) is 0 Å². The summed E-state index contributed by atoms with van der Waals surface area (Å²) < 4.78 is 0. The summed E-state index contributed by atoms with van der Waals surface area (Å²) >= 11 is 0. The molecule has 1 heterocycles. The number of amides is 2. The van der Waals surface area contributed by atoms with Crippen LogP contribution in [-0.4, -0.2) is 49.4 Å². The predicted octanol–water partition coefficient (Wildman–Crippen LogP) is -1.03. The Bertz CT molecular complexity index is 223. The zero-order valence-corrected chi connectivity index (χ0v) is 9.19. The van der Waals surface area contributed by atoms with E-state index in [0.717, 1.165) is 6.54 Å². The molecule has 0 radical (unpaired) electrons. The summed E-state index contributed by atoms with van der Waals surface area (Å²) in [5.74, 6) is -0.155. The number of hydrogen-bond acceptors (Lipinski definition) is 3. The van der Waals surface area contributed by atoms with Crippen LogP contribution in [0.25, 0.3) is 0 Å². The van der Waals surface area contributed by atoms with Gasteiger partial charge in [0.25, 0.3) is 0 Å². The molecule has 14 heavy (non-hydrogen) atoms. The minimum absolute atomic E-state index is 0. The summed E-state index contributed by atoms with van der Waals surface area (Å²) in [6, 6.07) is -0.351. The first-order chi connectivity index (χ1) is 6.16. The lowest BCUT2D eigenvalue weighted by molar-refractivity contribution is -0.139. The summed E-state index contributed by atoms with van der Waals surface area (Å²) in [5.41, 5.74) is 0. The second-order valence-electron chi connectivity index (χ2n) is 3.05. The van der Waals surface area contributed by atoms with E-state index >= 15 is 0 Å². The lowest BCUT2D eigenvalue weighted by atomic mass is 10.2. The largest absolute Gasteiger partial charge is 0.357 e. The van der Waals surface area contributed by atoms with Crippen LogP contribution in [0.3, 0.4) is 0 Å². The molecule has 82 valence electrons. The van der Waals surface area contributed by atoms with Crippen molar-refractivity contribution in [3.8, 4) is 0 Å². The minimum Gasteiger partial charge on any atom is -0.357 e. The third-order valence-electron chi connectivity index (χ3n) is 2.20. The Labute approximate surface area is 89.6 Å². The van der Waals surface area contributed by atoms with Crippen molar-refractivity contribution in [2.24, 2.45) is 0 Å². The summed E-state index contributed by atoms with van der Waals surface area (Å²) in [4.78, 5) is 24.1. The van der Waals surface area contributed by atoms with Gasteiger partial charge < -0.3 is 15.5 Å². The van der Waals surface area contributed by atoms with Gasteiger partial charge >= 0.3 is 0 Å². The number of hydrogen-bond donors (Lipinski definition) is 2. The molecule has 0 saturated carbocycles. The Balaban J connectivity index is 0.00000169. The van der Waals surface area contributed by atoms with E-state index in [2.05, 4.69) is 10.6 Å². The molecule has 6 heteroatoms. The number of piperazine rings is 1. The van der Waals surface area contributed by atoms with Gasteiger partial charge in [0.05, 0.1) is 0 Å². The zero-order valence-electron chi connectivity index (χ0n) is 8.37. The van der Waals surface area contributed by atoms with Crippen LogP contribution in [0, 0.1) is 0 Å². The van der Waals surface area contributed by atoms with Crippen molar-refractivity contribution in [1.82, 2.24) is 15.5 Å². The summed E-state index contributed by atoms with van der Waals surface area (Å²) in [5, 5.41) is 5.63. The molecule has 5 nitrogen and oxygen atoms in total. The van der Waals surface area contributed by atoms with Crippen molar-refractivity contribution in [3.63, 3.8) is 0 Å². The molecule has 0 aromatic rings. The second-order valence-corrected chi connectivity index (χ2v) is 3.05. The minimum atomic E-state index is -0.351. The first kappa shape index (κ1) is 13.2. The topological polar surface area (TPSA) is 61.4 Å². The molecular weight excluding hydrogens is 206 g/mol. The third kappa shape index (κ3) is 2.85. The van der Waals surface area contributed by atoms with Gasteiger partial charge in [-0.25, -0.2) is 0 Å². The van der Waals surface area contributed by atoms with E-state index in [1.54, 1.807) is 11.9 Å². The Hall–Kier alpha value is -0.810. The molecule has 1 atom stereocenters. The molecule has 0 aromatic carbocycles. The van der Waals surface area contributed by atoms with Crippen LogP contribution in [0.2, 0.25) is 0 Å². The number of rotatable bonds is 1. The van der Waals surface area contributed by atoms with Crippen LogP contribution in [0.15, 0.2) is 0 Å². The maximum atomic E-state index is 11.3. The number of halogens is 1. The van der Waals surface area contributed by atoms with Gasteiger partial charge in [0.1, 0.15) is 6.04 Å². The van der Waals surface area contributed by atoms with Crippen LogP contribution in [0.5, 0.6) is 0 Å². The molecule has 0 aliphatic carbocycles. The van der Waals surface area contributed by atoms with Crippen molar-refractivity contribution in [3.05, 3.63) is 0 Å². The van der Waals surface area contributed by atoms with E-state index in [1.807, 2.05) is 0 Å². The fourth-order valence-electron chi connectivity index (χ4n) is 1.48. The molecule has 1 saturated heterocycles. The fourth-order valence-corrected chi connectivity index (χ4v) is 1.48. The molecule has 1 aliphatic rings. The second kappa shape index (κ2) is 5.82. The molecule has 2 N–H and O–H groups in total. The van der Waals surface area contributed by atoms with Crippen LogP contribution in [0.1, 0.15) is 6.92 Å². The highest BCUT2D eigenvalue weighted by Gasteiger charge is 2.29. The average Bonchev–Trinajstić information content (AvgIpc) is 2.16. The molecule has 0 bridgehead atoms. The molecule has 1 rings (SSSR count). The highest BCUT2D eigenvalue weighted by Crippen LogP contribution is 2.03. The van der Waals surface area contributed by atoms with Crippen molar-refractivity contribution >= 4 is 24.2 Å². The van der Waals surface area contributed by atoms with E-state index in [0.29, 0.717) is 13.1 Å². The molecule has 0 spiro atoms. The SMILES string of the molecule is CNC(=O)C1CNCCN1C(C)=O.Cl. The van der Waals surface area contributed by atoms with Crippen molar-refractivity contribution < 1.29 is 9.59 Å². The first-order valence-electron chi connectivity index (χ1n) is 4.36. The lowest BCUT2D eigenvalue weighted by Crippen LogP contribution is -2.58. The number of carbonyl (C=O) groups is 2. The van der Waals surface area contributed by atoms with E-state index < -0.39 is 0 Å². The van der Waals surface area contributed by atoms with Crippen LogP contribution in [0.4, 0.5) is 0 Å². The monoisotopic (exact) mass is 221 g/mol. The molecule has 1 aliphatic heterocycles. The summed E-state index contributed by atoms with van der Waals surface area (Å²) in [7, 11) is 1.58. The molecular formula is C8H16ClN3O2. The Morgan fingerprint density at radius 2 is 2.14 bits per heavy atom. The van der Waals surface area contributed by atoms with Crippen LogP contribution >= 0.6 is 12.4 Å². The van der Waals surface area contributed by atoms with Crippen molar-refractivity contribution in [1.29, 1.82) is 0 Å². The van der Waals surface area contributed by atoms with Gasteiger partial charge in [-0.2, -0.15) is 0 Å². The highest BCUT2D eigenvalue weighted by atomic mass is 35.5. The summed E-state index contributed by atoms with van der Waals surface area (Å²) in [6.45, 7) is 3.39. The van der Waals surface area contributed by atoms with Crippen molar-refractivity contribution in [2.45, 2.75) is 13.0 Å². The highest BCUT2D eigenvalue weighted by molar-refractivity contribution is 5.87. The van der Waals surface area contributed by atoms with E-state index in [1.165, 1.54) is 6.92 Å². The van der Waals surface area contributed by atoms with Crippen LogP contribution < -0.4 is 10.6 Å². The van der Waals surface area contributed by atoms with Gasteiger partial charge in [0.2, 0.25) is 11.8 Å². The average molecular weight is 222 g/mol. The van der Waals surface area contributed by atoms with Crippen LogP contribution in [-0.2, 0) is 9.59 Å². The standard InChI is InChI=1S/C8H15N3O2.ClH/c1-6(12)11-4-3-10-5-7(11)8(13)9-2;/h7,10H,3-5H2,1-2H3,(H,9,13);1H. The van der Waals surface area contributed by atoms with Gasteiger partial charge in [-0.1, -0.05) is 0 Å². The van der Waals surface area contributed by atoms with E-state index in [-0.39, 0.29) is 30.3 Å². The smallest absolute Gasteiger partial charge is 0.243 e. The predicted molar refractivity (Wildman–Crippen MR) is 55.4 cm³/mol. The molecule has 1 unspecified atom stereocenters.